The van der Waals surface area contributed by atoms with E-state index in [1.54, 1.807) is 19.2 Å². The Bertz CT molecular complexity index is 744. The zero-order valence-corrected chi connectivity index (χ0v) is 15.2. The lowest BCUT2D eigenvalue weighted by molar-refractivity contribution is -0.114. The largest absolute Gasteiger partial charge is 0.356 e. The smallest absolute Gasteiger partial charge is 0.221 e. The molecule has 138 valence electrons. The number of anilines is 1. The molecule has 0 aliphatic heterocycles. The molecule has 0 saturated heterocycles. The molecule has 0 unspecified atom stereocenters. The molecule has 0 heterocycles. The Morgan fingerprint density at radius 3 is 2.23 bits per heavy atom. The number of carbonyl (C=O) groups is 1. The second-order valence-corrected chi connectivity index (χ2v) is 5.93. The molecule has 0 aromatic heterocycles. The number of halogens is 1. The SMILES string of the molecule is CN=C(NCCc1ccc(NC(C)=O)cc1)NCCc1cccc(F)c1. The summed E-state index contributed by atoms with van der Waals surface area (Å²) in [6, 6.07) is 14.4. The van der Waals surface area contributed by atoms with Crippen molar-refractivity contribution in [1.29, 1.82) is 0 Å². The first-order valence-corrected chi connectivity index (χ1v) is 8.62. The number of rotatable bonds is 7. The number of nitrogens with zero attached hydrogens (tertiary/aromatic N) is 1. The summed E-state index contributed by atoms with van der Waals surface area (Å²) in [5.41, 5.74) is 2.91. The predicted molar refractivity (Wildman–Crippen MR) is 104 cm³/mol. The van der Waals surface area contributed by atoms with Crippen LogP contribution in [0.25, 0.3) is 0 Å². The van der Waals surface area contributed by atoms with Gasteiger partial charge in [0.25, 0.3) is 0 Å². The predicted octanol–water partition coefficient (Wildman–Crippen LogP) is 2.73. The van der Waals surface area contributed by atoms with Crippen molar-refractivity contribution in [3.05, 3.63) is 65.5 Å². The summed E-state index contributed by atoms with van der Waals surface area (Å²) in [4.78, 5) is 15.2. The van der Waals surface area contributed by atoms with Gasteiger partial charge in [0.15, 0.2) is 5.96 Å². The number of hydrogen-bond acceptors (Lipinski definition) is 2. The molecule has 6 heteroatoms. The summed E-state index contributed by atoms with van der Waals surface area (Å²) in [7, 11) is 1.72. The van der Waals surface area contributed by atoms with Gasteiger partial charge >= 0.3 is 0 Å². The second kappa shape index (κ2) is 10.2. The highest BCUT2D eigenvalue weighted by Crippen LogP contribution is 2.09. The lowest BCUT2D eigenvalue weighted by atomic mass is 10.1. The highest BCUT2D eigenvalue weighted by molar-refractivity contribution is 5.88. The van der Waals surface area contributed by atoms with Gasteiger partial charge in [-0.3, -0.25) is 9.79 Å². The zero-order valence-electron chi connectivity index (χ0n) is 15.2. The summed E-state index contributed by atoms with van der Waals surface area (Å²) >= 11 is 0. The molecule has 26 heavy (non-hydrogen) atoms. The monoisotopic (exact) mass is 356 g/mol. The van der Waals surface area contributed by atoms with Crippen LogP contribution in [-0.4, -0.2) is 32.0 Å². The van der Waals surface area contributed by atoms with Gasteiger partial charge in [-0.1, -0.05) is 24.3 Å². The van der Waals surface area contributed by atoms with Crippen LogP contribution in [0.15, 0.2) is 53.5 Å². The maximum absolute atomic E-state index is 13.2. The molecule has 0 aliphatic rings. The molecule has 0 saturated carbocycles. The number of aliphatic imine (C=N–C) groups is 1. The minimum Gasteiger partial charge on any atom is -0.356 e. The maximum atomic E-state index is 13.2. The highest BCUT2D eigenvalue weighted by Gasteiger charge is 2.00. The maximum Gasteiger partial charge on any atom is 0.221 e. The van der Waals surface area contributed by atoms with Crippen LogP contribution in [0, 0.1) is 5.82 Å². The first kappa shape index (κ1) is 19.4. The molecule has 0 atom stereocenters. The van der Waals surface area contributed by atoms with E-state index in [0.29, 0.717) is 6.54 Å². The fraction of sp³-hybridized carbons (Fsp3) is 0.300. The van der Waals surface area contributed by atoms with E-state index in [1.807, 2.05) is 30.3 Å². The number of guanidine groups is 1. The average Bonchev–Trinajstić information content (AvgIpc) is 2.61. The lowest BCUT2D eigenvalue weighted by Gasteiger charge is -2.12. The van der Waals surface area contributed by atoms with Crippen LogP contribution in [0.5, 0.6) is 0 Å². The van der Waals surface area contributed by atoms with Gasteiger partial charge in [0.1, 0.15) is 5.82 Å². The van der Waals surface area contributed by atoms with Crippen LogP contribution < -0.4 is 16.0 Å². The zero-order chi connectivity index (χ0) is 18.8. The van der Waals surface area contributed by atoms with E-state index < -0.39 is 0 Å². The third-order valence-corrected chi connectivity index (χ3v) is 3.80. The fourth-order valence-corrected chi connectivity index (χ4v) is 2.52. The molecule has 2 aromatic carbocycles. The van der Waals surface area contributed by atoms with E-state index >= 15 is 0 Å². The van der Waals surface area contributed by atoms with E-state index in [0.717, 1.165) is 36.6 Å². The number of hydrogen-bond donors (Lipinski definition) is 3. The third-order valence-electron chi connectivity index (χ3n) is 3.80. The molecule has 0 aliphatic carbocycles. The van der Waals surface area contributed by atoms with Crippen molar-refractivity contribution in [3.8, 4) is 0 Å². The van der Waals surface area contributed by atoms with Gasteiger partial charge in [0, 0.05) is 32.7 Å². The quantitative estimate of drug-likeness (QED) is 0.528. The molecular weight excluding hydrogens is 331 g/mol. The normalized spacial score (nSPS) is 11.1. The summed E-state index contributed by atoms with van der Waals surface area (Å²) in [5.74, 6) is 0.429. The van der Waals surface area contributed by atoms with Gasteiger partial charge in [0.2, 0.25) is 5.91 Å². The minimum atomic E-state index is -0.213. The van der Waals surface area contributed by atoms with Gasteiger partial charge in [-0.05, 0) is 48.2 Å². The van der Waals surface area contributed by atoms with Crippen LogP contribution in [0.2, 0.25) is 0 Å². The van der Waals surface area contributed by atoms with Gasteiger partial charge in [0.05, 0.1) is 0 Å². The molecule has 0 bridgehead atoms. The van der Waals surface area contributed by atoms with E-state index in [-0.39, 0.29) is 11.7 Å². The summed E-state index contributed by atoms with van der Waals surface area (Å²) in [6.45, 7) is 2.90. The van der Waals surface area contributed by atoms with Crippen molar-refractivity contribution in [3.63, 3.8) is 0 Å². The van der Waals surface area contributed by atoms with Gasteiger partial charge in [-0.25, -0.2) is 4.39 Å². The van der Waals surface area contributed by atoms with Crippen molar-refractivity contribution < 1.29 is 9.18 Å². The molecule has 2 rings (SSSR count). The molecule has 3 N–H and O–H groups in total. The van der Waals surface area contributed by atoms with Gasteiger partial charge in [-0.15, -0.1) is 0 Å². The van der Waals surface area contributed by atoms with E-state index in [2.05, 4.69) is 20.9 Å². The topological polar surface area (TPSA) is 65.5 Å². The summed E-state index contributed by atoms with van der Waals surface area (Å²) < 4.78 is 13.2. The van der Waals surface area contributed by atoms with Crippen molar-refractivity contribution >= 4 is 17.6 Å². The molecule has 2 aromatic rings. The molecule has 1 amide bonds. The van der Waals surface area contributed by atoms with Gasteiger partial charge < -0.3 is 16.0 Å². The van der Waals surface area contributed by atoms with Crippen molar-refractivity contribution in [2.45, 2.75) is 19.8 Å². The van der Waals surface area contributed by atoms with Crippen molar-refractivity contribution in [1.82, 2.24) is 10.6 Å². The van der Waals surface area contributed by atoms with Crippen molar-refractivity contribution in [2.75, 3.05) is 25.5 Å². The molecule has 0 fully saturated rings. The minimum absolute atomic E-state index is 0.0764. The van der Waals surface area contributed by atoms with Crippen LogP contribution in [0.4, 0.5) is 10.1 Å². The number of benzene rings is 2. The van der Waals surface area contributed by atoms with Crippen LogP contribution in [0.1, 0.15) is 18.1 Å². The average molecular weight is 356 g/mol. The Kier molecular flexibility index (Phi) is 7.61. The van der Waals surface area contributed by atoms with E-state index in [1.165, 1.54) is 18.6 Å². The number of amides is 1. The Morgan fingerprint density at radius 2 is 1.65 bits per heavy atom. The molecule has 0 radical (unpaired) electrons. The number of carbonyl (C=O) groups excluding carboxylic acids is 1. The first-order chi connectivity index (χ1) is 12.6. The lowest BCUT2D eigenvalue weighted by Crippen LogP contribution is -2.39. The fourth-order valence-electron chi connectivity index (χ4n) is 2.52. The van der Waals surface area contributed by atoms with E-state index in [4.69, 9.17) is 0 Å². The van der Waals surface area contributed by atoms with Crippen LogP contribution in [0.3, 0.4) is 0 Å². The molecular formula is C20H25FN4O. The Balaban J connectivity index is 1.70. The Morgan fingerprint density at radius 1 is 1.00 bits per heavy atom. The standard InChI is InChI=1S/C20H25FN4O/c1-15(26)25-19-8-6-16(7-9-19)10-12-23-20(22-2)24-13-11-17-4-3-5-18(21)14-17/h3-9,14H,10-13H2,1-2H3,(H,25,26)(H2,22,23,24). The molecule has 5 nitrogen and oxygen atoms in total. The third kappa shape index (κ3) is 6.93. The number of nitrogens with one attached hydrogen (secondary N) is 3. The second-order valence-electron chi connectivity index (χ2n) is 5.93. The van der Waals surface area contributed by atoms with Crippen molar-refractivity contribution in [2.24, 2.45) is 4.99 Å². The first-order valence-electron chi connectivity index (χ1n) is 8.62. The summed E-state index contributed by atoms with van der Waals surface area (Å²) in [6.07, 6.45) is 1.56. The van der Waals surface area contributed by atoms with Gasteiger partial charge in [-0.2, -0.15) is 0 Å². The summed E-state index contributed by atoms with van der Waals surface area (Å²) in [5, 5.41) is 9.23. The highest BCUT2D eigenvalue weighted by atomic mass is 19.1. The Hall–Kier alpha value is -2.89. The van der Waals surface area contributed by atoms with Crippen LogP contribution >= 0.6 is 0 Å². The van der Waals surface area contributed by atoms with E-state index in [9.17, 15) is 9.18 Å². The Labute approximate surface area is 153 Å². The van der Waals surface area contributed by atoms with Crippen LogP contribution in [-0.2, 0) is 17.6 Å². The molecule has 0 spiro atoms.